The minimum Gasteiger partial charge on any atom is -0.494 e. The Morgan fingerprint density at radius 3 is 2.50 bits per heavy atom. The zero-order valence-corrected chi connectivity index (χ0v) is 6.30. The number of ether oxygens (including phenoxy) is 1. The van der Waals surface area contributed by atoms with Gasteiger partial charge in [0.15, 0.2) is 11.8 Å². The lowest BCUT2D eigenvalue weighted by atomic mass is 10.6. The van der Waals surface area contributed by atoms with E-state index in [1.165, 1.54) is 16.7 Å². The first kappa shape index (κ1) is 8.45. The predicted molar refractivity (Wildman–Crippen MR) is 39.8 cm³/mol. The maximum Gasteiger partial charge on any atom is 0.293 e. The molecule has 0 aromatic carbocycles. The molecule has 0 aliphatic rings. The second-order valence-corrected chi connectivity index (χ2v) is 2.17. The van der Waals surface area contributed by atoms with Crippen LogP contribution in [0.2, 0.25) is 0 Å². The Labute approximate surface area is 68.8 Å². The molecule has 2 N–H and O–H groups in total. The predicted octanol–water partition coefficient (Wildman–Crippen LogP) is 0.0723. The molecule has 0 spiro atoms. The fourth-order valence-electron chi connectivity index (χ4n) is 0.868. The smallest absolute Gasteiger partial charge is 0.293 e. The van der Waals surface area contributed by atoms with Crippen molar-refractivity contribution in [3.05, 3.63) is 12.1 Å². The molecule has 0 aliphatic heterocycles. The number of carbonyl (C=O) groups is 1. The molecule has 0 radical (unpaired) electrons. The fourth-order valence-corrected chi connectivity index (χ4v) is 0.868. The van der Waals surface area contributed by atoms with Gasteiger partial charge in [-0.2, -0.15) is 0 Å². The highest BCUT2D eigenvalue weighted by atomic mass is 16.5. The third-order valence-corrected chi connectivity index (χ3v) is 1.44. The van der Waals surface area contributed by atoms with E-state index in [4.69, 9.17) is 10.2 Å². The van der Waals surface area contributed by atoms with Gasteiger partial charge in [-0.15, -0.1) is 0 Å². The SMILES string of the molecule is O=COCCn1c(O)ccc1O. The average molecular weight is 171 g/mol. The average Bonchev–Trinajstić information content (AvgIpc) is 2.35. The lowest BCUT2D eigenvalue weighted by Crippen LogP contribution is -2.03. The van der Waals surface area contributed by atoms with Gasteiger partial charge in [0.05, 0.1) is 6.54 Å². The van der Waals surface area contributed by atoms with Gasteiger partial charge in [0, 0.05) is 12.1 Å². The topological polar surface area (TPSA) is 71.7 Å². The summed E-state index contributed by atoms with van der Waals surface area (Å²) >= 11 is 0. The summed E-state index contributed by atoms with van der Waals surface area (Å²) in [5, 5.41) is 18.2. The normalized spacial score (nSPS) is 9.67. The summed E-state index contributed by atoms with van der Waals surface area (Å²) < 4.78 is 5.62. The molecule has 0 unspecified atom stereocenters. The Hall–Kier alpha value is -1.65. The van der Waals surface area contributed by atoms with Gasteiger partial charge in [0.25, 0.3) is 6.47 Å². The van der Waals surface area contributed by atoms with Gasteiger partial charge in [-0.3, -0.25) is 9.36 Å². The van der Waals surface area contributed by atoms with Crippen LogP contribution in [0.3, 0.4) is 0 Å². The lowest BCUT2D eigenvalue weighted by Gasteiger charge is -2.04. The van der Waals surface area contributed by atoms with Crippen molar-refractivity contribution in [1.29, 1.82) is 0 Å². The number of aromatic hydroxyl groups is 2. The van der Waals surface area contributed by atoms with Crippen LogP contribution < -0.4 is 0 Å². The Morgan fingerprint density at radius 1 is 1.42 bits per heavy atom. The maximum atomic E-state index is 9.75. The Morgan fingerprint density at radius 2 is 2.00 bits per heavy atom. The fraction of sp³-hybridized carbons (Fsp3) is 0.286. The van der Waals surface area contributed by atoms with Gasteiger partial charge in [0.1, 0.15) is 6.61 Å². The molecule has 1 aromatic heterocycles. The zero-order valence-electron chi connectivity index (χ0n) is 6.30. The number of nitrogens with zero attached hydrogens (tertiary/aromatic N) is 1. The molecule has 0 aliphatic carbocycles. The Kier molecular flexibility index (Phi) is 2.57. The van der Waals surface area contributed by atoms with Crippen molar-refractivity contribution in [3.8, 4) is 11.8 Å². The monoisotopic (exact) mass is 171 g/mol. The van der Waals surface area contributed by atoms with Crippen molar-refractivity contribution in [2.45, 2.75) is 6.54 Å². The molecule has 5 nitrogen and oxygen atoms in total. The van der Waals surface area contributed by atoms with Gasteiger partial charge >= 0.3 is 0 Å². The second kappa shape index (κ2) is 3.66. The van der Waals surface area contributed by atoms with Crippen LogP contribution in [0.15, 0.2) is 12.1 Å². The molecular formula is C7H9NO4. The van der Waals surface area contributed by atoms with E-state index in [-0.39, 0.29) is 24.9 Å². The van der Waals surface area contributed by atoms with Crippen LogP contribution in [0.1, 0.15) is 0 Å². The highest BCUT2D eigenvalue weighted by Crippen LogP contribution is 2.19. The minimum atomic E-state index is -0.0537. The molecule has 1 heterocycles. The summed E-state index contributed by atoms with van der Waals surface area (Å²) in [4.78, 5) is 9.75. The van der Waals surface area contributed by atoms with E-state index in [0.29, 0.717) is 6.47 Å². The van der Waals surface area contributed by atoms with Crippen LogP contribution in [0.5, 0.6) is 11.8 Å². The first-order chi connectivity index (χ1) is 5.75. The molecule has 0 saturated carbocycles. The van der Waals surface area contributed by atoms with Crippen LogP contribution in [-0.2, 0) is 16.1 Å². The number of hydrogen-bond acceptors (Lipinski definition) is 4. The number of rotatable bonds is 4. The number of carbonyl (C=O) groups excluding carboxylic acids is 1. The molecule has 1 aromatic rings. The van der Waals surface area contributed by atoms with Crippen LogP contribution in [-0.4, -0.2) is 27.9 Å². The Balaban J connectivity index is 2.55. The Bertz CT molecular complexity index is 249. The summed E-state index contributed by atoms with van der Waals surface area (Å²) in [6.07, 6.45) is 0. The zero-order chi connectivity index (χ0) is 8.97. The van der Waals surface area contributed by atoms with E-state index in [9.17, 15) is 4.79 Å². The standard InChI is InChI=1S/C7H9NO4/c9-5-12-4-3-8-6(10)1-2-7(8)11/h1-2,5,10-11H,3-4H2. The van der Waals surface area contributed by atoms with Crippen molar-refractivity contribution < 1.29 is 19.7 Å². The van der Waals surface area contributed by atoms with Gasteiger partial charge in [0.2, 0.25) is 0 Å². The van der Waals surface area contributed by atoms with Crippen molar-refractivity contribution >= 4 is 6.47 Å². The molecule has 5 heteroatoms. The van der Waals surface area contributed by atoms with Gasteiger partial charge in [-0.25, -0.2) is 0 Å². The van der Waals surface area contributed by atoms with Gasteiger partial charge in [-0.05, 0) is 0 Å². The molecule has 0 atom stereocenters. The van der Waals surface area contributed by atoms with Crippen molar-refractivity contribution in [2.75, 3.05) is 6.61 Å². The highest BCUT2D eigenvalue weighted by molar-refractivity contribution is 5.36. The summed E-state index contributed by atoms with van der Waals surface area (Å²) in [6, 6.07) is 2.71. The van der Waals surface area contributed by atoms with E-state index >= 15 is 0 Å². The number of aromatic nitrogens is 1. The van der Waals surface area contributed by atoms with Crippen molar-refractivity contribution in [3.63, 3.8) is 0 Å². The van der Waals surface area contributed by atoms with Crippen molar-refractivity contribution in [1.82, 2.24) is 4.57 Å². The maximum absolute atomic E-state index is 9.75. The van der Waals surface area contributed by atoms with Crippen LogP contribution in [0, 0.1) is 0 Å². The van der Waals surface area contributed by atoms with Crippen LogP contribution >= 0.6 is 0 Å². The molecule has 66 valence electrons. The molecule has 1 rings (SSSR count). The highest BCUT2D eigenvalue weighted by Gasteiger charge is 2.04. The molecule has 0 bridgehead atoms. The molecule has 0 amide bonds. The summed E-state index contributed by atoms with van der Waals surface area (Å²) in [5.74, 6) is -0.107. The summed E-state index contributed by atoms with van der Waals surface area (Å²) in [7, 11) is 0. The third-order valence-electron chi connectivity index (χ3n) is 1.44. The minimum absolute atomic E-state index is 0.0537. The molecule has 0 fully saturated rings. The van der Waals surface area contributed by atoms with E-state index in [1.54, 1.807) is 0 Å². The third kappa shape index (κ3) is 1.69. The van der Waals surface area contributed by atoms with Crippen molar-refractivity contribution in [2.24, 2.45) is 0 Å². The second-order valence-electron chi connectivity index (χ2n) is 2.17. The summed E-state index contributed by atoms with van der Waals surface area (Å²) in [6.45, 7) is 0.681. The summed E-state index contributed by atoms with van der Waals surface area (Å²) in [5.41, 5.74) is 0. The van der Waals surface area contributed by atoms with E-state index in [1.807, 2.05) is 0 Å². The van der Waals surface area contributed by atoms with Gasteiger partial charge in [-0.1, -0.05) is 0 Å². The van der Waals surface area contributed by atoms with Gasteiger partial charge < -0.3 is 14.9 Å². The van der Waals surface area contributed by atoms with E-state index in [2.05, 4.69) is 4.74 Å². The quantitative estimate of drug-likeness (QED) is 0.496. The largest absolute Gasteiger partial charge is 0.494 e. The molecule has 12 heavy (non-hydrogen) atoms. The van der Waals surface area contributed by atoms with Crippen LogP contribution in [0.25, 0.3) is 0 Å². The molecular weight excluding hydrogens is 162 g/mol. The van der Waals surface area contributed by atoms with E-state index in [0.717, 1.165) is 0 Å². The van der Waals surface area contributed by atoms with Crippen LogP contribution in [0.4, 0.5) is 0 Å². The number of hydrogen-bond donors (Lipinski definition) is 2. The first-order valence-electron chi connectivity index (χ1n) is 3.38. The first-order valence-corrected chi connectivity index (χ1v) is 3.38. The lowest BCUT2D eigenvalue weighted by molar-refractivity contribution is -0.129. The molecule has 0 saturated heterocycles. The van der Waals surface area contributed by atoms with E-state index < -0.39 is 0 Å².